The van der Waals surface area contributed by atoms with Crippen LogP contribution < -0.4 is 5.32 Å². The molecule has 152 valence electrons. The summed E-state index contributed by atoms with van der Waals surface area (Å²) in [7, 11) is 0. The summed E-state index contributed by atoms with van der Waals surface area (Å²) in [6.07, 6.45) is 6.53. The van der Waals surface area contributed by atoms with E-state index in [1.807, 2.05) is 12.1 Å². The monoisotopic (exact) mass is 383 g/mol. The number of nitrogens with one attached hydrogen (secondary N) is 1. The molecule has 2 amide bonds. The van der Waals surface area contributed by atoms with E-state index in [9.17, 15) is 9.59 Å². The van der Waals surface area contributed by atoms with Crippen molar-refractivity contribution in [2.45, 2.75) is 52.0 Å². The minimum atomic E-state index is 0.0991. The Bertz CT molecular complexity index is 730. The molecular weight excluding hydrogens is 350 g/mol. The zero-order valence-electron chi connectivity index (χ0n) is 17.1. The van der Waals surface area contributed by atoms with E-state index < -0.39 is 0 Å². The fourth-order valence-electron chi connectivity index (χ4n) is 4.92. The molecule has 0 radical (unpaired) electrons. The lowest BCUT2D eigenvalue weighted by atomic mass is 9.73. The van der Waals surface area contributed by atoms with Crippen LogP contribution >= 0.6 is 0 Å². The van der Waals surface area contributed by atoms with Gasteiger partial charge < -0.3 is 10.2 Å². The van der Waals surface area contributed by atoms with Gasteiger partial charge in [0.2, 0.25) is 11.8 Å². The Morgan fingerprint density at radius 1 is 1.21 bits per heavy atom. The molecule has 2 aliphatic heterocycles. The first-order chi connectivity index (χ1) is 13.5. The summed E-state index contributed by atoms with van der Waals surface area (Å²) in [6.45, 7) is 6.91. The number of rotatable bonds is 6. The summed E-state index contributed by atoms with van der Waals surface area (Å²) >= 11 is 0. The van der Waals surface area contributed by atoms with E-state index in [0.717, 1.165) is 44.9 Å². The molecular formula is C23H33N3O2. The zero-order valence-corrected chi connectivity index (χ0v) is 17.1. The second-order valence-corrected chi connectivity index (χ2v) is 9.24. The number of piperidine rings is 2. The predicted octanol–water partition coefficient (Wildman–Crippen LogP) is 2.73. The standard InChI is InChI=1S/C23H33N3O2/c1-18-5-2-3-6-20(18)13-24-21(27)15-25-12-4-10-23(16-25)11-9-22(28)26(17-23)14-19-7-8-19/h2-3,5-6,19H,4,7-17H2,1H3,(H,24,27). The first-order valence-corrected chi connectivity index (χ1v) is 10.8. The summed E-state index contributed by atoms with van der Waals surface area (Å²) in [5, 5.41) is 3.08. The Kier molecular flexibility index (Phi) is 5.72. The lowest BCUT2D eigenvalue weighted by molar-refractivity contribution is -0.140. The Labute approximate surface area is 168 Å². The molecule has 1 unspecified atom stereocenters. The number of benzene rings is 1. The molecule has 2 heterocycles. The van der Waals surface area contributed by atoms with Crippen LogP contribution in [0, 0.1) is 18.3 Å². The Hall–Kier alpha value is -1.88. The number of carbonyl (C=O) groups is 2. The highest BCUT2D eigenvalue weighted by atomic mass is 16.2. The Morgan fingerprint density at radius 2 is 2.04 bits per heavy atom. The van der Waals surface area contributed by atoms with Crippen molar-refractivity contribution in [2.75, 3.05) is 32.7 Å². The summed E-state index contributed by atoms with van der Waals surface area (Å²) in [4.78, 5) is 29.3. The van der Waals surface area contributed by atoms with Gasteiger partial charge in [0.1, 0.15) is 0 Å². The molecule has 0 bridgehead atoms. The van der Waals surface area contributed by atoms with Gasteiger partial charge in [-0.15, -0.1) is 0 Å². The van der Waals surface area contributed by atoms with Gasteiger partial charge in [-0.3, -0.25) is 14.5 Å². The van der Waals surface area contributed by atoms with Crippen LogP contribution in [-0.2, 0) is 16.1 Å². The number of aryl methyl sites for hydroxylation is 1. The highest BCUT2D eigenvalue weighted by Gasteiger charge is 2.42. The molecule has 4 rings (SSSR count). The summed E-state index contributed by atoms with van der Waals surface area (Å²) < 4.78 is 0. The van der Waals surface area contributed by atoms with Gasteiger partial charge in [0.05, 0.1) is 6.54 Å². The smallest absolute Gasteiger partial charge is 0.234 e. The number of carbonyl (C=O) groups excluding carboxylic acids is 2. The second-order valence-electron chi connectivity index (χ2n) is 9.24. The molecule has 0 aromatic heterocycles. The maximum atomic E-state index is 12.5. The molecule has 1 N–H and O–H groups in total. The summed E-state index contributed by atoms with van der Waals surface area (Å²) in [5.41, 5.74) is 2.58. The molecule has 3 aliphatic rings. The van der Waals surface area contributed by atoms with Crippen LogP contribution in [0.4, 0.5) is 0 Å². The van der Waals surface area contributed by atoms with Crippen molar-refractivity contribution in [3.05, 3.63) is 35.4 Å². The van der Waals surface area contributed by atoms with E-state index in [2.05, 4.69) is 34.2 Å². The molecule has 1 aliphatic carbocycles. The van der Waals surface area contributed by atoms with Gasteiger partial charge in [-0.1, -0.05) is 24.3 Å². The maximum absolute atomic E-state index is 12.5. The van der Waals surface area contributed by atoms with Crippen LogP contribution in [0.5, 0.6) is 0 Å². The SMILES string of the molecule is Cc1ccccc1CNC(=O)CN1CCCC2(CCC(=O)N(CC3CC3)C2)C1. The molecule has 5 heteroatoms. The third-order valence-corrected chi connectivity index (χ3v) is 6.77. The van der Waals surface area contributed by atoms with Crippen LogP contribution in [0.15, 0.2) is 24.3 Å². The van der Waals surface area contributed by atoms with Crippen molar-refractivity contribution in [3.8, 4) is 0 Å². The minimum Gasteiger partial charge on any atom is -0.351 e. The fraction of sp³-hybridized carbons (Fsp3) is 0.652. The highest BCUT2D eigenvalue weighted by molar-refractivity contribution is 5.78. The van der Waals surface area contributed by atoms with Crippen LogP contribution in [-0.4, -0.2) is 54.3 Å². The lowest BCUT2D eigenvalue weighted by Crippen LogP contribution is -2.55. The van der Waals surface area contributed by atoms with Gasteiger partial charge in [0.15, 0.2) is 0 Å². The lowest BCUT2D eigenvalue weighted by Gasteiger charge is -2.48. The van der Waals surface area contributed by atoms with Crippen LogP contribution in [0.2, 0.25) is 0 Å². The van der Waals surface area contributed by atoms with Gasteiger partial charge in [0.25, 0.3) is 0 Å². The van der Waals surface area contributed by atoms with Crippen molar-refractivity contribution in [1.29, 1.82) is 0 Å². The quantitative estimate of drug-likeness (QED) is 0.822. The molecule has 1 saturated carbocycles. The molecule has 1 atom stereocenters. The third kappa shape index (κ3) is 4.75. The van der Waals surface area contributed by atoms with E-state index in [4.69, 9.17) is 0 Å². The normalized spacial score (nSPS) is 25.9. The van der Waals surface area contributed by atoms with Crippen molar-refractivity contribution in [3.63, 3.8) is 0 Å². The van der Waals surface area contributed by atoms with Gasteiger partial charge >= 0.3 is 0 Å². The third-order valence-electron chi connectivity index (χ3n) is 6.77. The van der Waals surface area contributed by atoms with E-state index >= 15 is 0 Å². The molecule has 1 aromatic rings. The van der Waals surface area contributed by atoms with Crippen molar-refractivity contribution >= 4 is 11.8 Å². The predicted molar refractivity (Wildman–Crippen MR) is 110 cm³/mol. The topological polar surface area (TPSA) is 52.7 Å². The van der Waals surface area contributed by atoms with Crippen molar-refractivity contribution in [1.82, 2.24) is 15.1 Å². The fourth-order valence-corrected chi connectivity index (χ4v) is 4.92. The van der Waals surface area contributed by atoms with Gasteiger partial charge in [-0.05, 0) is 62.6 Å². The van der Waals surface area contributed by atoms with Crippen LogP contribution in [0.1, 0.15) is 49.7 Å². The minimum absolute atomic E-state index is 0.0991. The van der Waals surface area contributed by atoms with E-state index in [0.29, 0.717) is 25.4 Å². The van der Waals surface area contributed by atoms with E-state index in [1.54, 1.807) is 0 Å². The number of likely N-dealkylation sites (tertiary alicyclic amines) is 2. The molecule has 5 nitrogen and oxygen atoms in total. The van der Waals surface area contributed by atoms with Crippen LogP contribution in [0.25, 0.3) is 0 Å². The molecule has 2 saturated heterocycles. The van der Waals surface area contributed by atoms with E-state index in [-0.39, 0.29) is 11.3 Å². The van der Waals surface area contributed by atoms with E-state index in [1.165, 1.54) is 30.4 Å². The van der Waals surface area contributed by atoms with Gasteiger partial charge in [0, 0.05) is 38.0 Å². The number of hydrogen-bond acceptors (Lipinski definition) is 3. The number of amides is 2. The average molecular weight is 384 g/mol. The average Bonchev–Trinajstić information content (AvgIpc) is 3.49. The Morgan fingerprint density at radius 3 is 2.82 bits per heavy atom. The highest BCUT2D eigenvalue weighted by Crippen LogP contribution is 2.40. The maximum Gasteiger partial charge on any atom is 0.234 e. The second kappa shape index (κ2) is 8.24. The molecule has 1 spiro atoms. The largest absolute Gasteiger partial charge is 0.351 e. The number of nitrogens with zero attached hydrogens (tertiary/aromatic N) is 2. The van der Waals surface area contributed by atoms with Gasteiger partial charge in [-0.2, -0.15) is 0 Å². The van der Waals surface area contributed by atoms with Crippen molar-refractivity contribution < 1.29 is 9.59 Å². The Balaban J connectivity index is 1.30. The first-order valence-electron chi connectivity index (χ1n) is 10.8. The van der Waals surface area contributed by atoms with Crippen LogP contribution in [0.3, 0.4) is 0 Å². The van der Waals surface area contributed by atoms with Crippen molar-refractivity contribution in [2.24, 2.45) is 11.3 Å². The number of hydrogen-bond donors (Lipinski definition) is 1. The zero-order chi connectivity index (χ0) is 19.6. The van der Waals surface area contributed by atoms with Gasteiger partial charge in [-0.25, -0.2) is 0 Å². The summed E-state index contributed by atoms with van der Waals surface area (Å²) in [6, 6.07) is 8.18. The molecule has 1 aromatic carbocycles. The molecule has 3 fully saturated rings. The molecule has 28 heavy (non-hydrogen) atoms. The first kappa shape index (κ1) is 19.4. The summed E-state index contributed by atoms with van der Waals surface area (Å²) in [5.74, 6) is 1.18.